The average Bonchev–Trinajstić information content (AvgIpc) is 3.49. The van der Waals surface area contributed by atoms with Gasteiger partial charge in [0.1, 0.15) is 10.5 Å². The molecule has 0 radical (unpaired) electrons. The Morgan fingerprint density at radius 2 is 1.71 bits per heavy atom. The smallest absolute Gasteiger partial charge is 0.341 e. The van der Waals surface area contributed by atoms with Crippen LogP contribution in [0.2, 0.25) is 0 Å². The number of oxazole rings is 1. The van der Waals surface area contributed by atoms with Crippen LogP contribution in [0.4, 0.5) is 5.00 Å². The topological polar surface area (TPSA) is 108 Å². The van der Waals surface area contributed by atoms with Crippen molar-refractivity contribution in [3.05, 3.63) is 70.1 Å². The second kappa shape index (κ2) is 11.2. The number of aromatic nitrogens is 1. The van der Waals surface area contributed by atoms with Gasteiger partial charge in [-0.25, -0.2) is 14.6 Å². The molecule has 2 aromatic heterocycles. The molecule has 0 aliphatic heterocycles. The van der Waals surface area contributed by atoms with E-state index in [-0.39, 0.29) is 11.5 Å². The summed E-state index contributed by atoms with van der Waals surface area (Å²) in [6, 6.07) is 14.1. The number of rotatable bonds is 6. The van der Waals surface area contributed by atoms with E-state index in [1.165, 1.54) is 25.4 Å². The van der Waals surface area contributed by atoms with Gasteiger partial charge in [0.15, 0.2) is 11.7 Å². The number of carbonyl (C=O) groups is 3. The summed E-state index contributed by atoms with van der Waals surface area (Å²) < 4.78 is 16.4. The second-order valence-electron chi connectivity index (χ2n) is 9.18. The second-order valence-corrected chi connectivity index (χ2v) is 10.3. The number of para-hydroxylation sites is 2. The molecule has 1 aliphatic carbocycles. The Morgan fingerprint density at radius 3 is 2.50 bits per heavy atom. The van der Waals surface area contributed by atoms with Crippen LogP contribution in [-0.2, 0) is 27.1 Å². The monoisotopic (exact) mass is 532 g/mol. The molecular weight excluding hydrogens is 504 g/mol. The van der Waals surface area contributed by atoms with Gasteiger partial charge in [-0.3, -0.25) is 4.79 Å². The molecule has 4 aromatic rings. The Balaban J connectivity index is 1.35. The number of nitrogens with one attached hydrogen (secondary N) is 1. The number of hydrogen-bond acceptors (Lipinski definition) is 8. The highest BCUT2D eigenvalue weighted by Crippen LogP contribution is 2.37. The van der Waals surface area contributed by atoms with Gasteiger partial charge in [-0.05, 0) is 62.4 Å². The Labute approximate surface area is 224 Å². The van der Waals surface area contributed by atoms with E-state index in [4.69, 9.17) is 13.9 Å². The number of anilines is 1. The zero-order chi connectivity index (χ0) is 26.6. The molecule has 0 saturated carbocycles. The van der Waals surface area contributed by atoms with E-state index in [0.717, 1.165) is 49.0 Å². The molecule has 0 saturated heterocycles. The Hall–Kier alpha value is -3.98. The highest BCUT2D eigenvalue weighted by Gasteiger charge is 2.28. The van der Waals surface area contributed by atoms with Gasteiger partial charge in [0.25, 0.3) is 5.91 Å². The molecule has 2 heterocycles. The summed E-state index contributed by atoms with van der Waals surface area (Å²) in [5, 5.41) is 3.25. The third-order valence-corrected chi connectivity index (χ3v) is 7.83. The first-order valence-electron chi connectivity index (χ1n) is 12.7. The first-order chi connectivity index (χ1) is 18.5. The van der Waals surface area contributed by atoms with Crippen LogP contribution in [0, 0.1) is 0 Å². The molecule has 1 atom stereocenters. The van der Waals surface area contributed by atoms with E-state index in [2.05, 4.69) is 10.3 Å². The predicted molar refractivity (Wildman–Crippen MR) is 144 cm³/mol. The molecule has 0 bridgehead atoms. The van der Waals surface area contributed by atoms with Crippen molar-refractivity contribution in [3.63, 3.8) is 0 Å². The fourth-order valence-corrected chi connectivity index (χ4v) is 5.93. The third-order valence-electron chi connectivity index (χ3n) is 6.62. The van der Waals surface area contributed by atoms with Gasteiger partial charge >= 0.3 is 11.9 Å². The molecule has 196 valence electrons. The number of nitrogens with zero attached hydrogens (tertiary/aromatic N) is 1. The molecule has 1 aliphatic rings. The molecule has 2 aromatic carbocycles. The number of thiophene rings is 1. The summed E-state index contributed by atoms with van der Waals surface area (Å²) >= 11 is 1.40. The summed E-state index contributed by atoms with van der Waals surface area (Å²) in [7, 11) is 1.33. The first-order valence-corrected chi connectivity index (χ1v) is 13.5. The summed E-state index contributed by atoms with van der Waals surface area (Å²) in [5.41, 5.74) is 3.33. The van der Waals surface area contributed by atoms with Crippen LogP contribution in [-0.4, -0.2) is 36.0 Å². The lowest BCUT2D eigenvalue weighted by atomic mass is 9.96. The lowest BCUT2D eigenvalue weighted by Gasteiger charge is -2.15. The van der Waals surface area contributed by atoms with Crippen LogP contribution in [0.1, 0.15) is 63.8 Å². The summed E-state index contributed by atoms with van der Waals surface area (Å²) in [5.74, 6) is -1.40. The maximum Gasteiger partial charge on any atom is 0.341 e. The minimum atomic E-state index is -1.12. The standard InChI is InChI=1S/C29H28N2O6S/c1-17(25(32)31-27-24(29(34)35-2)20-13-5-3-4-6-16-23(20)38-27)36-28(33)19-12-8-7-11-18(19)26-30-21-14-9-10-15-22(21)37-26/h7-12,14-15,17H,3-6,13,16H2,1-2H3,(H,31,32). The van der Waals surface area contributed by atoms with Crippen molar-refractivity contribution in [1.82, 2.24) is 4.98 Å². The molecule has 1 N–H and O–H groups in total. The normalized spacial score (nSPS) is 14.2. The molecule has 0 spiro atoms. The maximum atomic E-state index is 13.1. The number of esters is 2. The lowest BCUT2D eigenvalue weighted by molar-refractivity contribution is -0.123. The molecule has 38 heavy (non-hydrogen) atoms. The van der Waals surface area contributed by atoms with Crippen molar-refractivity contribution in [2.75, 3.05) is 12.4 Å². The minimum Gasteiger partial charge on any atom is -0.465 e. The van der Waals surface area contributed by atoms with E-state index in [9.17, 15) is 14.4 Å². The number of ether oxygens (including phenoxy) is 2. The van der Waals surface area contributed by atoms with Crippen LogP contribution in [0.5, 0.6) is 0 Å². The van der Waals surface area contributed by atoms with Crippen molar-refractivity contribution in [1.29, 1.82) is 0 Å². The van der Waals surface area contributed by atoms with E-state index in [0.29, 0.717) is 27.2 Å². The van der Waals surface area contributed by atoms with Gasteiger partial charge in [-0.2, -0.15) is 0 Å². The van der Waals surface area contributed by atoms with Crippen molar-refractivity contribution < 1.29 is 28.3 Å². The Morgan fingerprint density at radius 1 is 0.974 bits per heavy atom. The molecule has 9 heteroatoms. The van der Waals surface area contributed by atoms with E-state index < -0.39 is 23.9 Å². The fourth-order valence-electron chi connectivity index (χ4n) is 4.65. The number of amides is 1. The number of carbonyl (C=O) groups excluding carboxylic acids is 3. The van der Waals surface area contributed by atoms with Gasteiger partial charge in [0.05, 0.1) is 23.8 Å². The highest BCUT2D eigenvalue weighted by atomic mass is 32.1. The number of hydrogen-bond donors (Lipinski definition) is 1. The largest absolute Gasteiger partial charge is 0.465 e. The molecule has 5 rings (SSSR count). The molecule has 1 amide bonds. The van der Waals surface area contributed by atoms with Crippen LogP contribution >= 0.6 is 11.3 Å². The van der Waals surface area contributed by atoms with Crippen LogP contribution < -0.4 is 5.32 Å². The number of benzene rings is 2. The van der Waals surface area contributed by atoms with E-state index >= 15 is 0 Å². The number of fused-ring (bicyclic) bond motifs is 2. The van der Waals surface area contributed by atoms with Crippen molar-refractivity contribution in [2.45, 2.75) is 51.6 Å². The van der Waals surface area contributed by atoms with Gasteiger partial charge < -0.3 is 19.2 Å². The van der Waals surface area contributed by atoms with Crippen molar-refractivity contribution in [2.24, 2.45) is 0 Å². The summed E-state index contributed by atoms with van der Waals surface area (Å²) in [4.78, 5) is 44.5. The van der Waals surface area contributed by atoms with Crippen molar-refractivity contribution >= 4 is 45.3 Å². The first kappa shape index (κ1) is 25.7. The molecule has 1 unspecified atom stereocenters. The highest BCUT2D eigenvalue weighted by molar-refractivity contribution is 7.17. The molecular formula is C29H28N2O6S. The SMILES string of the molecule is COC(=O)c1c(NC(=O)C(C)OC(=O)c2ccccc2-c2nc3ccccc3o2)sc2c1CCCCCC2. The van der Waals surface area contributed by atoms with Crippen LogP contribution in [0.15, 0.2) is 52.9 Å². The lowest BCUT2D eigenvalue weighted by Crippen LogP contribution is -2.30. The quantitative estimate of drug-likeness (QED) is 0.295. The summed E-state index contributed by atoms with van der Waals surface area (Å²) in [6.45, 7) is 1.50. The molecule has 0 fully saturated rings. The van der Waals surface area contributed by atoms with Gasteiger partial charge in [0, 0.05) is 4.88 Å². The van der Waals surface area contributed by atoms with Crippen LogP contribution in [0.25, 0.3) is 22.6 Å². The van der Waals surface area contributed by atoms with Gasteiger partial charge in [-0.15, -0.1) is 11.3 Å². The van der Waals surface area contributed by atoms with Crippen LogP contribution in [0.3, 0.4) is 0 Å². The van der Waals surface area contributed by atoms with Gasteiger partial charge in [0.2, 0.25) is 5.89 Å². The number of methoxy groups -OCH3 is 1. The fraction of sp³-hybridized carbons (Fsp3) is 0.310. The molecule has 8 nitrogen and oxygen atoms in total. The predicted octanol–water partition coefficient (Wildman–Crippen LogP) is 6.19. The Bertz CT molecular complexity index is 1470. The maximum absolute atomic E-state index is 13.1. The number of aryl methyl sites for hydroxylation is 1. The zero-order valence-electron chi connectivity index (χ0n) is 21.2. The van der Waals surface area contributed by atoms with E-state index in [1.54, 1.807) is 30.3 Å². The zero-order valence-corrected chi connectivity index (χ0v) is 22.1. The summed E-state index contributed by atoms with van der Waals surface area (Å²) in [6.07, 6.45) is 4.78. The third kappa shape index (κ3) is 5.19. The minimum absolute atomic E-state index is 0.230. The van der Waals surface area contributed by atoms with Crippen molar-refractivity contribution in [3.8, 4) is 11.5 Å². The average molecular weight is 533 g/mol. The van der Waals surface area contributed by atoms with E-state index in [1.807, 2.05) is 18.2 Å². The Kier molecular flexibility index (Phi) is 7.55. The van der Waals surface area contributed by atoms with Gasteiger partial charge in [-0.1, -0.05) is 37.1 Å².